The van der Waals surface area contributed by atoms with Crippen molar-refractivity contribution in [1.29, 1.82) is 0 Å². The van der Waals surface area contributed by atoms with E-state index in [2.05, 4.69) is 27.8 Å². The molecule has 0 bridgehead atoms. The van der Waals surface area contributed by atoms with Crippen molar-refractivity contribution in [1.82, 2.24) is 14.8 Å². The first kappa shape index (κ1) is 20.7. The molecule has 152 valence electrons. The van der Waals surface area contributed by atoms with Crippen LogP contribution in [-0.4, -0.2) is 26.4 Å². The van der Waals surface area contributed by atoms with Crippen LogP contribution < -0.4 is 5.32 Å². The van der Waals surface area contributed by atoms with Crippen molar-refractivity contribution in [3.05, 3.63) is 44.1 Å². The third-order valence-corrected chi connectivity index (χ3v) is 7.82. The highest BCUT2D eigenvalue weighted by Gasteiger charge is 2.23. The van der Waals surface area contributed by atoms with E-state index in [0.717, 1.165) is 24.6 Å². The van der Waals surface area contributed by atoms with Crippen LogP contribution in [0.3, 0.4) is 0 Å². The minimum Gasteiger partial charge on any atom is -0.325 e. The lowest BCUT2D eigenvalue weighted by molar-refractivity contribution is -0.113. The molecule has 0 saturated carbocycles. The number of carbonyl (C=O) groups is 1. The van der Waals surface area contributed by atoms with E-state index in [0.29, 0.717) is 20.9 Å². The standard InChI is InChI=1S/C20H20Cl2N4OS2/c1-11-3-5-13-14(9-28-17(13)7-11)19-24-25-20(26(19)2)29-10-18(27)23-12-4-6-15(21)16(22)8-12/h4,6,8-9,11H,3,5,7,10H2,1-2H3,(H,23,27). The summed E-state index contributed by atoms with van der Waals surface area (Å²) in [5.74, 6) is 1.70. The van der Waals surface area contributed by atoms with Gasteiger partial charge in [0.1, 0.15) is 0 Å². The summed E-state index contributed by atoms with van der Waals surface area (Å²) in [6.45, 7) is 2.31. The van der Waals surface area contributed by atoms with E-state index >= 15 is 0 Å². The third-order valence-electron chi connectivity index (χ3n) is 5.01. The number of thiophene rings is 1. The van der Waals surface area contributed by atoms with Gasteiger partial charge in [0.25, 0.3) is 0 Å². The number of nitrogens with one attached hydrogen (secondary N) is 1. The van der Waals surface area contributed by atoms with Gasteiger partial charge in [0.2, 0.25) is 5.91 Å². The molecule has 1 aliphatic rings. The Morgan fingerprint density at radius 2 is 2.17 bits per heavy atom. The van der Waals surface area contributed by atoms with Crippen LogP contribution in [0.1, 0.15) is 23.8 Å². The molecule has 1 amide bonds. The Hall–Kier alpha value is -1.54. The van der Waals surface area contributed by atoms with Gasteiger partial charge in [-0.1, -0.05) is 41.9 Å². The van der Waals surface area contributed by atoms with Crippen LogP contribution in [-0.2, 0) is 24.7 Å². The van der Waals surface area contributed by atoms with Crippen molar-refractivity contribution < 1.29 is 4.79 Å². The minimum absolute atomic E-state index is 0.139. The number of aromatic nitrogens is 3. The summed E-state index contributed by atoms with van der Waals surface area (Å²) in [6, 6.07) is 5.01. The SMILES string of the molecule is CC1CCc2c(-c3nnc(SCC(=O)Nc4ccc(Cl)c(Cl)c4)n3C)csc2C1. The van der Waals surface area contributed by atoms with Gasteiger partial charge in [-0.25, -0.2) is 0 Å². The van der Waals surface area contributed by atoms with Crippen molar-refractivity contribution >= 4 is 57.9 Å². The molecule has 0 radical (unpaired) electrons. The second kappa shape index (κ2) is 8.68. The maximum absolute atomic E-state index is 12.3. The fourth-order valence-electron chi connectivity index (χ4n) is 3.44. The molecule has 0 spiro atoms. The maximum atomic E-state index is 12.3. The Kier molecular flexibility index (Phi) is 6.20. The predicted octanol–water partition coefficient (Wildman–Crippen LogP) is 5.71. The molecule has 2 aromatic heterocycles. The van der Waals surface area contributed by atoms with Crippen LogP contribution in [0.4, 0.5) is 5.69 Å². The van der Waals surface area contributed by atoms with Gasteiger partial charge in [-0.2, -0.15) is 0 Å². The number of carbonyl (C=O) groups excluding carboxylic acids is 1. The minimum atomic E-state index is -0.139. The first-order valence-corrected chi connectivity index (χ1v) is 11.9. The average Bonchev–Trinajstić information content (AvgIpc) is 3.25. The fourth-order valence-corrected chi connectivity index (χ4v) is 5.69. The Bertz CT molecular complexity index is 1060. The number of hydrogen-bond acceptors (Lipinski definition) is 5. The third kappa shape index (κ3) is 4.48. The van der Waals surface area contributed by atoms with Crippen LogP contribution in [0.25, 0.3) is 11.4 Å². The second-order valence-electron chi connectivity index (χ2n) is 7.23. The van der Waals surface area contributed by atoms with Crippen LogP contribution in [0.2, 0.25) is 10.0 Å². The molecule has 1 aliphatic carbocycles. The largest absolute Gasteiger partial charge is 0.325 e. The summed E-state index contributed by atoms with van der Waals surface area (Å²) < 4.78 is 1.97. The second-order valence-corrected chi connectivity index (χ2v) is 9.95. The normalized spacial score (nSPS) is 15.9. The van der Waals surface area contributed by atoms with Crippen LogP contribution in [0.15, 0.2) is 28.7 Å². The molecular weight excluding hydrogens is 447 g/mol. The van der Waals surface area contributed by atoms with Crippen LogP contribution >= 0.6 is 46.3 Å². The molecule has 4 rings (SSSR count). The summed E-state index contributed by atoms with van der Waals surface area (Å²) in [5.41, 5.74) is 3.21. The Labute approximate surface area is 187 Å². The van der Waals surface area contributed by atoms with E-state index in [1.807, 2.05) is 23.0 Å². The highest BCUT2D eigenvalue weighted by molar-refractivity contribution is 7.99. The number of anilines is 1. The number of fused-ring (bicyclic) bond motifs is 1. The van der Waals surface area contributed by atoms with Gasteiger partial charge < -0.3 is 9.88 Å². The lowest BCUT2D eigenvalue weighted by atomic mass is 9.88. The predicted molar refractivity (Wildman–Crippen MR) is 121 cm³/mol. The van der Waals surface area contributed by atoms with Crippen LogP contribution in [0.5, 0.6) is 0 Å². The van der Waals surface area contributed by atoms with E-state index in [9.17, 15) is 4.79 Å². The Balaban J connectivity index is 1.43. The van der Waals surface area contributed by atoms with Crippen LogP contribution in [0, 0.1) is 5.92 Å². The zero-order chi connectivity index (χ0) is 20.5. The number of rotatable bonds is 5. The number of halogens is 2. The van der Waals surface area contributed by atoms with E-state index < -0.39 is 0 Å². The summed E-state index contributed by atoms with van der Waals surface area (Å²) in [7, 11) is 1.95. The van der Waals surface area contributed by atoms with Gasteiger partial charge >= 0.3 is 0 Å². The lowest BCUT2D eigenvalue weighted by Crippen LogP contribution is -2.14. The number of benzene rings is 1. The maximum Gasteiger partial charge on any atom is 0.234 e. The fraction of sp³-hybridized carbons (Fsp3) is 0.350. The molecular formula is C20H20Cl2N4OS2. The number of amides is 1. The Morgan fingerprint density at radius 3 is 2.97 bits per heavy atom. The van der Waals surface area contributed by atoms with Gasteiger partial charge in [0.15, 0.2) is 11.0 Å². The van der Waals surface area contributed by atoms with Crippen molar-refractivity contribution in [3.63, 3.8) is 0 Å². The molecule has 1 N–H and O–H groups in total. The quantitative estimate of drug-likeness (QED) is 0.489. The zero-order valence-electron chi connectivity index (χ0n) is 16.0. The highest BCUT2D eigenvalue weighted by atomic mass is 35.5. The molecule has 0 saturated heterocycles. The molecule has 9 heteroatoms. The van der Waals surface area contributed by atoms with Gasteiger partial charge in [-0.3, -0.25) is 4.79 Å². The molecule has 29 heavy (non-hydrogen) atoms. The molecule has 1 unspecified atom stereocenters. The number of thioether (sulfide) groups is 1. The molecule has 2 heterocycles. The van der Waals surface area contributed by atoms with E-state index in [1.165, 1.54) is 34.2 Å². The number of nitrogens with zero attached hydrogens (tertiary/aromatic N) is 3. The van der Waals surface area contributed by atoms with Crippen molar-refractivity contribution in [2.24, 2.45) is 13.0 Å². The van der Waals surface area contributed by atoms with Crippen molar-refractivity contribution in [3.8, 4) is 11.4 Å². The summed E-state index contributed by atoms with van der Waals surface area (Å²) in [5, 5.41) is 15.3. The first-order chi connectivity index (χ1) is 13.9. The van der Waals surface area contributed by atoms with Gasteiger partial charge in [0, 0.05) is 28.6 Å². The van der Waals surface area contributed by atoms with Crippen molar-refractivity contribution in [2.75, 3.05) is 11.1 Å². The van der Waals surface area contributed by atoms with E-state index in [4.69, 9.17) is 23.2 Å². The van der Waals surface area contributed by atoms with Gasteiger partial charge in [-0.15, -0.1) is 21.5 Å². The molecule has 0 fully saturated rings. The van der Waals surface area contributed by atoms with Gasteiger partial charge in [-0.05, 0) is 48.9 Å². The average molecular weight is 467 g/mol. The number of hydrogen-bond donors (Lipinski definition) is 1. The molecule has 5 nitrogen and oxygen atoms in total. The Morgan fingerprint density at radius 1 is 1.34 bits per heavy atom. The molecule has 0 aliphatic heterocycles. The molecule has 3 aromatic rings. The molecule has 1 aromatic carbocycles. The van der Waals surface area contributed by atoms with E-state index in [1.54, 1.807) is 18.2 Å². The first-order valence-electron chi connectivity index (χ1n) is 9.29. The molecule has 1 atom stereocenters. The topological polar surface area (TPSA) is 59.8 Å². The monoisotopic (exact) mass is 466 g/mol. The smallest absolute Gasteiger partial charge is 0.234 e. The summed E-state index contributed by atoms with van der Waals surface area (Å²) in [4.78, 5) is 13.8. The lowest BCUT2D eigenvalue weighted by Gasteiger charge is -2.18. The van der Waals surface area contributed by atoms with Crippen molar-refractivity contribution in [2.45, 2.75) is 31.3 Å². The van der Waals surface area contributed by atoms with Gasteiger partial charge in [0.05, 0.1) is 15.8 Å². The zero-order valence-corrected chi connectivity index (χ0v) is 19.2. The van der Waals surface area contributed by atoms with E-state index in [-0.39, 0.29) is 11.7 Å². The summed E-state index contributed by atoms with van der Waals surface area (Å²) >= 11 is 15.1. The summed E-state index contributed by atoms with van der Waals surface area (Å²) in [6.07, 6.45) is 3.45. The highest BCUT2D eigenvalue weighted by Crippen LogP contribution is 2.38.